The van der Waals surface area contributed by atoms with Gasteiger partial charge in [-0.3, -0.25) is 4.79 Å². The van der Waals surface area contributed by atoms with E-state index in [0.29, 0.717) is 16.5 Å². The average Bonchev–Trinajstić information content (AvgIpc) is 2.17. The molecule has 0 N–H and O–H groups in total. The van der Waals surface area contributed by atoms with Gasteiger partial charge in [-0.05, 0) is 12.1 Å². The van der Waals surface area contributed by atoms with Gasteiger partial charge in [0.05, 0.1) is 0 Å². The molecule has 2 rings (SSSR count). The third-order valence-electron chi connectivity index (χ3n) is 1.74. The summed E-state index contributed by atoms with van der Waals surface area (Å²) in [5, 5.41) is 0.590. The lowest BCUT2D eigenvalue weighted by molar-refractivity contribution is -0.115. The zero-order chi connectivity index (χ0) is 9.26. The third kappa shape index (κ3) is 1.60. The second kappa shape index (κ2) is 3.26. The second-order valence-corrected chi connectivity index (χ2v) is 3.13. The monoisotopic (exact) mass is 198 g/mol. The molecule has 1 atom stereocenters. The van der Waals surface area contributed by atoms with Crippen LogP contribution in [0.1, 0.15) is 0 Å². The molecule has 3 nitrogen and oxygen atoms in total. The molecule has 1 aliphatic heterocycles. The van der Waals surface area contributed by atoms with Crippen molar-refractivity contribution in [2.75, 3.05) is 6.61 Å². The molecule has 0 bridgehead atoms. The van der Waals surface area contributed by atoms with Crippen LogP contribution in [0.2, 0.25) is 5.02 Å². The molecule has 0 fully saturated rings. The summed E-state index contributed by atoms with van der Waals surface area (Å²) in [6.45, 7) is 0.247. The predicted octanol–water partition coefficient (Wildman–Crippen LogP) is 1.68. The van der Waals surface area contributed by atoms with Crippen molar-refractivity contribution >= 4 is 17.9 Å². The number of hydrogen-bond acceptors (Lipinski definition) is 3. The van der Waals surface area contributed by atoms with Gasteiger partial charge in [0.25, 0.3) is 0 Å². The average molecular weight is 199 g/mol. The zero-order valence-corrected chi connectivity index (χ0v) is 7.45. The van der Waals surface area contributed by atoms with Crippen LogP contribution in [-0.2, 0) is 4.79 Å². The van der Waals surface area contributed by atoms with Gasteiger partial charge in [-0.25, -0.2) is 0 Å². The molecular formula is C9H7ClO3. The summed E-state index contributed by atoms with van der Waals surface area (Å²) in [6, 6.07) is 5.04. The minimum absolute atomic E-state index is 0.247. The molecular weight excluding hydrogens is 192 g/mol. The van der Waals surface area contributed by atoms with E-state index in [-0.39, 0.29) is 6.61 Å². The Hall–Kier alpha value is -1.22. The van der Waals surface area contributed by atoms with E-state index in [2.05, 4.69) is 0 Å². The van der Waals surface area contributed by atoms with E-state index in [9.17, 15) is 4.79 Å². The largest absolute Gasteiger partial charge is 0.485 e. The van der Waals surface area contributed by atoms with Crippen molar-refractivity contribution in [3.05, 3.63) is 23.2 Å². The van der Waals surface area contributed by atoms with E-state index in [0.717, 1.165) is 6.29 Å². The van der Waals surface area contributed by atoms with Gasteiger partial charge < -0.3 is 9.47 Å². The molecule has 1 aromatic carbocycles. The minimum Gasteiger partial charge on any atom is -0.485 e. The minimum atomic E-state index is -0.506. The Balaban J connectivity index is 2.31. The molecule has 0 amide bonds. The van der Waals surface area contributed by atoms with Crippen LogP contribution in [-0.4, -0.2) is 19.0 Å². The van der Waals surface area contributed by atoms with Crippen molar-refractivity contribution < 1.29 is 14.3 Å². The molecule has 0 aliphatic carbocycles. The van der Waals surface area contributed by atoms with E-state index in [1.165, 1.54) is 0 Å². The van der Waals surface area contributed by atoms with Gasteiger partial charge in [-0.15, -0.1) is 0 Å². The normalized spacial score (nSPS) is 19.6. The molecule has 1 aromatic rings. The Bertz CT molecular complexity index is 338. The molecule has 0 saturated heterocycles. The molecule has 1 aliphatic rings. The lowest BCUT2D eigenvalue weighted by atomic mass is 10.3. The first kappa shape index (κ1) is 8.38. The number of halogens is 1. The highest BCUT2D eigenvalue weighted by atomic mass is 35.5. The lowest BCUT2D eigenvalue weighted by Crippen LogP contribution is -2.30. The number of benzene rings is 1. The molecule has 4 heteroatoms. The third-order valence-corrected chi connectivity index (χ3v) is 1.97. The van der Waals surface area contributed by atoms with Crippen molar-refractivity contribution in [1.82, 2.24) is 0 Å². The van der Waals surface area contributed by atoms with Crippen molar-refractivity contribution in [3.8, 4) is 11.5 Å². The molecule has 68 valence electrons. The van der Waals surface area contributed by atoms with Crippen LogP contribution in [0.15, 0.2) is 18.2 Å². The Morgan fingerprint density at radius 1 is 1.46 bits per heavy atom. The number of carbonyl (C=O) groups is 1. The van der Waals surface area contributed by atoms with Crippen LogP contribution >= 0.6 is 11.6 Å². The van der Waals surface area contributed by atoms with Crippen LogP contribution in [0.3, 0.4) is 0 Å². The van der Waals surface area contributed by atoms with Crippen LogP contribution in [0.5, 0.6) is 11.5 Å². The van der Waals surface area contributed by atoms with E-state index < -0.39 is 6.10 Å². The Kier molecular flexibility index (Phi) is 2.10. The molecule has 1 heterocycles. The Morgan fingerprint density at radius 2 is 2.31 bits per heavy atom. The first-order chi connectivity index (χ1) is 6.29. The number of carbonyl (C=O) groups excluding carboxylic acids is 1. The molecule has 0 saturated carbocycles. The van der Waals surface area contributed by atoms with Gasteiger partial charge in [0.2, 0.25) is 0 Å². The van der Waals surface area contributed by atoms with Gasteiger partial charge >= 0.3 is 0 Å². The summed E-state index contributed by atoms with van der Waals surface area (Å²) in [5.74, 6) is 1.15. The van der Waals surface area contributed by atoms with Gasteiger partial charge in [-0.2, -0.15) is 0 Å². The molecule has 0 aromatic heterocycles. The number of fused-ring (bicyclic) bond motifs is 1. The van der Waals surface area contributed by atoms with E-state index in [1.54, 1.807) is 18.2 Å². The fourth-order valence-corrected chi connectivity index (χ4v) is 1.29. The Morgan fingerprint density at radius 3 is 3.08 bits per heavy atom. The molecule has 1 unspecified atom stereocenters. The van der Waals surface area contributed by atoms with Crippen LogP contribution in [0, 0.1) is 0 Å². The maximum atomic E-state index is 10.4. The van der Waals surface area contributed by atoms with Gasteiger partial charge in [-0.1, -0.05) is 11.6 Å². The van der Waals surface area contributed by atoms with Gasteiger partial charge in [0.1, 0.15) is 6.61 Å². The summed E-state index contributed by atoms with van der Waals surface area (Å²) in [7, 11) is 0. The quantitative estimate of drug-likeness (QED) is 0.644. The fourth-order valence-electron chi connectivity index (χ4n) is 1.13. The summed E-state index contributed by atoms with van der Waals surface area (Å²) in [4.78, 5) is 10.4. The van der Waals surface area contributed by atoms with Crippen molar-refractivity contribution in [1.29, 1.82) is 0 Å². The van der Waals surface area contributed by atoms with E-state index in [4.69, 9.17) is 21.1 Å². The van der Waals surface area contributed by atoms with E-state index in [1.807, 2.05) is 0 Å². The highest BCUT2D eigenvalue weighted by molar-refractivity contribution is 6.30. The second-order valence-electron chi connectivity index (χ2n) is 2.69. The number of rotatable bonds is 1. The standard InChI is InChI=1S/C9H7ClO3/c10-6-1-2-8-9(3-6)12-5-7(4-11)13-8/h1-4,7H,5H2. The molecule has 0 spiro atoms. The van der Waals surface area contributed by atoms with Crippen LogP contribution in [0.25, 0.3) is 0 Å². The van der Waals surface area contributed by atoms with Crippen molar-refractivity contribution in [2.45, 2.75) is 6.10 Å². The van der Waals surface area contributed by atoms with Crippen LogP contribution in [0.4, 0.5) is 0 Å². The topological polar surface area (TPSA) is 35.5 Å². The SMILES string of the molecule is O=CC1COc2cc(Cl)ccc2O1. The highest BCUT2D eigenvalue weighted by Crippen LogP contribution is 2.33. The highest BCUT2D eigenvalue weighted by Gasteiger charge is 2.19. The molecule has 0 radical (unpaired) electrons. The van der Waals surface area contributed by atoms with Crippen molar-refractivity contribution in [3.63, 3.8) is 0 Å². The number of ether oxygens (including phenoxy) is 2. The van der Waals surface area contributed by atoms with Gasteiger partial charge in [0.15, 0.2) is 23.9 Å². The number of aldehydes is 1. The summed E-state index contributed by atoms with van der Waals surface area (Å²) in [6.07, 6.45) is 0.214. The summed E-state index contributed by atoms with van der Waals surface area (Å²) < 4.78 is 10.6. The van der Waals surface area contributed by atoms with Crippen LogP contribution < -0.4 is 9.47 Å². The first-order valence-corrected chi connectivity index (χ1v) is 4.21. The van der Waals surface area contributed by atoms with E-state index >= 15 is 0 Å². The lowest BCUT2D eigenvalue weighted by Gasteiger charge is -2.22. The zero-order valence-electron chi connectivity index (χ0n) is 6.70. The fraction of sp³-hybridized carbons (Fsp3) is 0.222. The predicted molar refractivity (Wildman–Crippen MR) is 47.4 cm³/mol. The number of hydrogen-bond donors (Lipinski definition) is 0. The summed E-state index contributed by atoms with van der Waals surface area (Å²) in [5.41, 5.74) is 0. The summed E-state index contributed by atoms with van der Waals surface area (Å²) >= 11 is 5.74. The maximum absolute atomic E-state index is 10.4. The van der Waals surface area contributed by atoms with Crippen molar-refractivity contribution in [2.24, 2.45) is 0 Å². The maximum Gasteiger partial charge on any atom is 0.187 e. The van der Waals surface area contributed by atoms with Gasteiger partial charge in [0, 0.05) is 11.1 Å². The smallest absolute Gasteiger partial charge is 0.187 e. The first-order valence-electron chi connectivity index (χ1n) is 3.84. The Labute approximate surface area is 80.2 Å². The molecule has 13 heavy (non-hydrogen) atoms.